The van der Waals surface area contributed by atoms with E-state index in [0.29, 0.717) is 35.2 Å². The summed E-state index contributed by atoms with van der Waals surface area (Å²) in [5.74, 6) is -1.60. The second-order valence-corrected chi connectivity index (χ2v) is 8.12. The van der Waals surface area contributed by atoms with E-state index < -0.39 is 23.6 Å². The quantitative estimate of drug-likeness (QED) is 0.185. The van der Waals surface area contributed by atoms with Crippen LogP contribution in [0, 0.1) is 0 Å². The maximum Gasteiger partial charge on any atom is 0.363 e. The normalized spacial score (nSPS) is 13.2. The number of carbonyl (C=O) groups is 2. The molecule has 2 unspecified atom stereocenters. The van der Waals surface area contributed by atoms with E-state index in [2.05, 4.69) is 26.2 Å². The van der Waals surface area contributed by atoms with Crippen LogP contribution in [0.1, 0.15) is 40.5 Å². The third-order valence-corrected chi connectivity index (χ3v) is 3.98. The standard InChI is InChI=1S/C20H22Cl2O5.C3H9N/c1-13(2)17(12-7-14(3)5-4-6-18(23)24)27-20(25)19(22)26-16-10-8-15(21)9-11-16;1-3(2)4/h4-6,8-11,17,19H,1,7,12H2,2-3H3,(H,23,24);3H,4H2,1-2H3. The van der Waals surface area contributed by atoms with E-state index in [1.807, 2.05) is 6.92 Å². The van der Waals surface area contributed by atoms with Crippen LogP contribution in [0.2, 0.25) is 5.02 Å². The predicted octanol–water partition coefficient (Wildman–Crippen LogP) is 3.44. The Bertz CT molecular complexity index is 770. The Balaban J connectivity index is 0.00000206. The molecule has 0 saturated heterocycles. The number of halogens is 2. The van der Waals surface area contributed by atoms with Crippen LogP contribution in [0.4, 0.5) is 0 Å². The van der Waals surface area contributed by atoms with Gasteiger partial charge in [-0.05, 0) is 76.5 Å². The number of quaternary nitrogens is 1. The van der Waals surface area contributed by atoms with Gasteiger partial charge in [-0.25, -0.2) is 4.79 Å². The van der Waals surface area contributed by atoms with Gasteiger partial charge in [-0.3, -0.25) is 0 Å². The number of hydrogen-bond acceptors (Lipinski definition) is 5. The molecule has 31 heavy (non-hydrogen) atoms. The van der Waals surface area contributed by atoms with Gasteiger partial charge in [0.15, 0.2) is 0 Å². The molecule has 0 bridgehead atoms. The number of allylic oxidation sites excluding steroid dienone is 3. The fourth-order valence-electron chi connectivity index (χ4n) is 2.01. The maximum atomic E-state index is 12.2. The van der Waals surface area contributed by atoms with Crippen molar-refractivity contribution in [3.05, 3.63) is 65.2 Å². The van der Waals surface area contributed by atoms with Crippen molar-refractivity contribution in [3.8, 4) is 5.75 Å². The first-order chi connectivity index (χ1) is 14.4. The summed E-state index contributed by atoms with van der Waals surface area (Å²) in [6.45, 7) is 11.5. The van der Waals surface area contributed by atoms with Crippen molar-refractivity contribution in [2.24, 2.45) is 0 Å². The largest absolute Gasteiger partial charge is 0.545 e. The van der Waals surface area contributed by atoms with Crippen molar-refractivity contribution in [2.45, 2.75) is 58.2 Å². The van der Waals surface area contributed by atoms with Crippen molar-refractivity contribution < 1.29 is 29.9 Å². The molecule has 0 aliphatic heterocycles. The number of alkyl halides is 1. The molecule has 0 aromatic heterocycles. The number of rotatable bonds is 10. The molecule has 0 heterocycles. The molecule has 8 heteroatoms. The minimum absolute atomic E-state index is 0.390. The van der Waals surface area contributed by atoms with Gasteiger partial charge in [-0.2, -0.15) is 0 Å². The molecule has 0 aliphatic carbocycles. The molecule has 0 spiro atoms. The van der Waals surface area contributed by atoms with Gasteiger partial charge in [0.05, 0.1) is 12.0 Å². The molecule has 0 saturated carbocycles. The summed E-state index contributed by atoms with van der Waals surface area (Å²) in [6.07, 6.45) is 4.50. The molecule has 0 amide bonds. The van der Waals surface area contributed by atoms with Crippen LogP contribution >= 0.6 is 23.2 Å². The van der Waals surface area contributed by atoms with Crippen LogP contribution in [0.15, 0.2) is 60.2 Å². The van der Waals surface area contributed by atoms with Gasteiger partial charge in [-0.1, -0.05) is 47.5 Å². The maximum absolute atomic E-state index is 12.2. The van der Waals surface area contributed by atoms with Gasteiger partial charge in [0.1, 0.15) is 11.9 Å². The first-order valence-electron chi connectivity index (χ1n) is 9.72. The molecule has 0 radical (unpaired) electrons. The Morgan fingerprint density at radius 2 is 1.77 bits per heavy atom. The number of carbonyl (C=O) groups excluding carboxylic acids is 2. The van der Waals surface area contributed by atoms with E-state index in [9.17, 15) is 14.7 Å². The lowest BCUT2D eigenvalue weighted by atomic mass is 10.0. The highest BCUT2D eigenvalue weighted by Gasteiger charge is 2.23. The monoisotopic (exact) mass is 471 g/mol. The highest BCUT2D eigenvalue weighted by Crippen LogP contribution is 2.20. The van der Waals surface area contributed by atoms with Gasteiger partial charge in [-0.15, -0.1) is 0 Å². The van der Waals surface area contributed by atoms with Crippen LogP contribution < -0.4 is 15.6 Å². The summed E-state index contributed by atoms with van der Waals surface area (Å²) in [5.41, 5.74) is 3.90. The molecular formula is C23H31Cl2NO5. The first kappa shape index (κ1) is 28.7. The second-order valence-electron chi connectivity index (χ2n) is 7.28. The molecule has 1 rings (SSSR count). The predicted molar refractivity (Wildman–Crippen MR) is 122 cm³/mol. The van der Waals surface area contributed by atoms with Crippen molar-refractivity contribution in [3.63, 3.8) is 0 Å². The third-order valence-electron chi connectivity index (χ3n) is 3.46. The van der Waals surface area contributed by atoms with E-state index in [1.54, 1.807) is 37.3 Å². The van der Waals surface area contributed by atoms with E-state index in [1.165, 1.54) is 6.08 Å². The molecule has 1 aromatic rings. The minimum atomic E-state index is -1.31. The highest BCUT2D eigenvalue weighted by molar-refractivity contribution is 6.30. The van der Waals surface area contributed by atoms with Gasteiger partial charge in [0.2, 0.25) is 0 Å². The van der Waals surface area contributed by atoms with Crippen LogP contribution in [0.25, 0.3) is 0 Å². The lowest BCUT2D eigenvalue weighted by Gasteiger charge is -2.20. The summed E-state index contributed by atoms with van der Waals surface area (Å²) >= 11 is 11.8. The molecule has 6 nitrogen and oxygen atoms in total. The van der Waals surface area contributed by atoms with Crippen LogP contribution in [0.5, 0.6) is 5.75 Å². The van der Waals surface area contributed by atoms with E-state index >= 15 is 0 Å². The van der Waals surface area contributed by atoms with Gasteiger partial charge in [0.25, 0.3) is 5.56 Å². The summed E-state index contributed by atoms with van der Waals surface area (Å²) in [6, 6.07) is 7.00. The lowest BCUT2D eigenvalue weighted by Crippen LogP contribution is -2.57. The second kappa shape index (κ2) is 15.5. The van der Waals surface area contributed by atoms with Gasteiger partial charge < -0.3 is 25.1 Å². The fraction of sp³-hybridized carbons (Fsp3) is 0.391. The molecule has 0 fully saturated rings. The number of benzene rings is 1. The zero-order valence-electron chi connectivity index (χ0n) is 18.4. The number of ether oxygens (including phenoxy) is 2. The summed E-state index contributed by atoms with van der Waals surface area (Å²) in [4.78, 5) is 22.5. The molecule has 3 N–H and O–H groups in total. The molecule has 1 aromatic carbocycles. The van der Waals surface area contributed by atoms with Crippen molar-refractivity contribution in [1.29, 1.82) is 0 Å². The van der Waals surface area contributed by atoms with Crippen LogP contribution in [0.3, 0.4) is 0 Å². The van der Waals surface area contributed by atoms with Crippen molar-refractivity contribution in [2.75, 3.05) is 0 Å². The zero-order chi connectivity index (χ0) is 24.0. The first-order valence-corrected chi connectivity index (χ1v) is 10.5. The highest BCUT2D eigenvalue weighted by atomic mass is 35.5. The number of aliphatic carboxylic acids is 1. The molecule has 2 atom stereocenters. The number of esters is 1. The average molecular weight is 472 g/mol. The number of carboxylic acid groups (broad SMARTS) is 1. The average Bonchev–Trinajstić information content (AvgIpc) is 2.65. The smallest absolute Gasteiger partial charge is 0.363 e. The fourth-order valence-corrected chi connectivity index (χ4v) is 2.29. The summed E-state index contributed by atoms with van der Waals surface area (Å²) in [7, 11) is 0. The molecule has 0 aliphatic rings. The Kier molecular flexibility index (Phi) is 14.4. The third kappa shape index (κ3) is 15.2. The summed E-state index contributed by atoms with van der Waals surface area (Å²) < 4.78 is 10.7. The van der Waals surface area contributed by atoms with Crippen LogP contribution in [-0.2, 0) is 14.3 Å². The minimum Gasteiger partial charge on any atom is -0.545 e. The summed E-state index contributed by atoms with van der Waals surface area (Å²) in [5, 5.41) is 10.9. The topological polar surface area (TPSA) is 103 Å². The molecule has 172 valence electrons. The van der Waals surface area contributed by atoms with Gasteiger partial charge >= 0.3 is 5.97 Å². The van der Waals surface area contributed by atoms with Gasteiger partial charge in [0, 0.05) is 5.02 Å². The van der Waals surface area contributed by atoms with E-state index in [0.717, 1.165) is 11.6 Å². The Labute approximate surface area is 194 Å². The van der Waals surface area contributed by atoms with E-state index in [4.69, 9.17) is 32.7 Å². The number of hydrogen-bond donors (Lipinski definition) is 1. The Morgan fingerprint density at radius 3 is 2.26 bits per heavy atom. The van der Waals surface area contributed by atoms with Crippen molar-refractivity contribution >= 4 is 35.1 Å². The SMILES string of the molecule is C=C(C)C(CCC(C)=CC=CC(=O)[O-])OC(=O)C(Cl)Oc1ccc(Cl)cc1.CC(C)[NH3+]. The Hall–Kier alpha value is -2.28. The van der Waals surface area contributed by atoms with Crippen molar-refractivity contribution in [1.82, 2.24) is 0 Å². The van der Waals surface area contributed by atoms with Crippen LogP contribution in [-0.4, -0.2) is 29.6 Å². The number of carboxylic acids is 1. The Morgan fingerprint density at radius 1 is 1.23 bits per heavy atom. The van der Waals surface area contributed by atoms with E-state index in [-0.39, 0.29) is 0 Å². The zero-order valence-corrected chi connectivity index (χ0v) is 19.9. The molecular weight excluding hydrogens is 441 g/mol. The lowest BCUT2D eigenvalue weighted by molar-refractivity contribution is -0.407.